The van der Waals surface area contributed by atoms with Crippen LogP contribution in [0.5, 0.6) is 0 Å². The zero-order chi connectivity index (χ0) is 15.6. The van der Waals surface area contributed by atoms with Gasteiger partial charge in [-0.3, -0.25) is 0 Å². The van der Waals surface area contributed by atoms with Gasteiger partial charge in [-0.25, -0.2) is 4.79 Å². The molecule has 2 heterocycles. The number of amides is 1. The van der Waals surface area contributed by atoms with Crippen molar-refractivity contribution in [3.05, 3.63) is 17.0 Å². The van der Waals surface area contributed by atoms with Gasteiger partial charge in [-0.1, -0.05) is 5.16 Å². The molecule has 0 saturated carbocycles. The van der Waals surface area contributed by atoms with Gasteiger partial charge in [0.05, 0.1) is 5.69 Å². The molecule has 1 amide bonds. The van der Waals surface area contributed by atoms with E-state index in [0.29, 0.717) is 13.1 Å². The second-order valence-corrected chi connectivity index (χ2v) is 6.58. The SMILES string of the molecule is Cc1noc(C2CCCN(C(=O)OC(C)(C)C)C2)c1CN. The topological polar surface area (TPSA) is 81.6 Å². The number of nitrogens with zero attached hydrogens (tertiary/aromatic N) is 2. The third-order valence-corrected chi connectivity index (χ3v) is 3.66. The van der Waals surface area contributed by atoms with Crippen LogP contribution in [0.25, 0.3) is 0 Å². The molecule has 0 bridgehead atoms. The summed E-state index contributed by atoms with van der Waals surface area (Å²) in [5, 5.41) is 4.00. The van der Waals surface area contributed by atoms with Crippen molar-refractivity contribution < 1.29 is 14.1 Å². The number of carbonyl (C=O) groups excluding carboxylic acids is 1. The van der Waals surface area contributed by atoms with E-state index in [1.807, 2.05) is 27.7 Å². The van der Waals surface area contributed by atoms with Crippen molar-refractivity contribution in [2.45, 2.75) is 58.6 Å². The first kappa shape index (κ1) is 15.8. The van der Waals surface area contributed by atoms with E-state index < -0.39 is 5.60 Å². The number of rotatable bonds is 2. The fourth-order valence-corrected chi connectivity index (χ4v) is 2.66. The molecule has 1 aliphatic heterocycles. The average molecular weight is 295 g/mol. The van der Waals surface area contributed by atoms with Crippen LogP contribution < -0.4 is 5.73 Å². The lowest BCUT2D eigenvalue weighted by atomic mass is 9.93. The van der Waals surface area contributed by atoms with Gasteiger partial charge < -0.3 is 19.9 Å². The molecule has 2 rings (SSSR count). The van der Waals surface area contributed by atoms with Crippen LogP contribution in [0.4, 0.5) is 4.79 Å². The van der Waals surface area contributed by atoms with Crippen LogP contribution in [-0.4, -0.2) is 34.8 Å². The van der Waals surface area contributed by atoms with Gasteiger partial charge in [0.25, 0.3) is 0 Å². The summed E-state index contributed by atoms with van der Waals surface area (Å²) < 4.78 is 10.9. The summed E-state index contributed by atoms with van der Waals surface area (Å²) in [5.41, 5.74) is 7.10. The highest BCUT2D eigenvalue weighted by atomic mass is 16.6. The van der Waals surface area contributed by atoms with E-state index in [0.717, 1.165) is 36.4 Å². The standard InChI is InChI=1S/C15H25N3O3/c1-10-12(8-16)13(21-17-10)11-6-5-7-18(9-11)14(19)20-15(2,3)4/h11H,5-9,16H2,1-4H3. The molecule has 0 aliphatic carbocycles. The minimum Gasteiger partial charge on any atom is -0.444 e. The highest BCUT2D eigenvalue weighted by Crippen LogP contribution is 2.31. The fraction of sp³-hybridized carbons (Fsp3) is 0.733. The van der Waals surface area contributed by atoms with Gasteiger partial charge in [0.1, 0.15) is 11.4 Å². The molecule has 1 saturated heterocycles. The van der Waals surface area contributed by atoms with Crippen LogP contribution in [0.2, 0.25) is 0 Å². The van der Waals surface area contributed by atoms with Gasteiger partial charge in [-0.05, 0) is 40.5 Å². The lowest BCUT2D eigenvalue weighted by molar-refractivity contribution is 0.0190. The Bertz CT molecular complexity index is 505. The Labute approximate surface area is 125 Å². The van der Waals surface area contributed by atoms with Gasteiger partial charge in [0, 0.05) is 31.1 Å². The van der Waals surface area contributed by atoms with Gasteiger partial charge >= 0.3 is 6.09 Å². The maximum atomic E-state index is 12.2. The predicted molar refractivity (Wildman–Crippen MR) is 78.9 cm³/mol. The lowest BCUT2D eigenvalue weighted by Crippen LogP contribution is -2.42. The largest absolute Gasteiger partial charge is 0.444 e. The zero-order valence-corrected chi connectivity index (χ0v) is 13.3. The summed E-state index contributed by atoms with van der Waals surface area (Å²) in [7, 11) is 0. The predicted octanol–water partition coefficient (Wildman–Crippen LogP) is 2.56. The van der Waals surface area contributed by atoms with Gasteiger partial charge in [0.2, 0.25) is 0 Å². The van der Waals surface area contributed by atoms with Crippen LogP contribution in [-0.2, 0) is 11.3 Å². The molecule has 0 spiro atoms. The van der Waals surface area contributed by atoms with Crippen LogP contribution in [0.1, 0.15) is 56.5 Å². The molecule has 0 radical (unpaired) electrons. The average Bonchev–Trinajstić information content (AvgIpc) is 2.78. The van der Waals surface area contributed by atoms with Crippen molar-refractivity contribution >= 4 is 6.09 Å². The van der Waals surface area contributed by atoms with Crippen molar-refractivity contribution in [3.63, 3.8) is 0 Å². The van der Waals surface area contributed by atoms with E-state index in [9.17, 15) is 4.79 Å². The van der Waals surface area contributed by atoms with Gasteiger partial charge in [0.15, 0.2) is 0 Å². The van der Waals surface area contributed by atoms with Crippen molar-refractivity contribution in [2.24, 2.45) is 5.73 Å². The molecule has 6 nitrogen and oxygen atoms in total. The number of aryl methyl sites for hydroxylation is 1. The Morgan fingerprint density at radius 3 is 2.86 bits per heavy atom. The van der Waals surface area contributed by atoms with Crippen LogP contribution in [0.3, 0.4) is 0 Å². The first-order valence-electron chi connectivity index (χ1n) is 7.45. The third kappa shape index (κ3) is 3.75. The first-order valence-corrected chi connectivity index (χ1v) is 7.45. The van der Waals surface area contributed by atoms with E-state index in [2.05, 4.69) is 5.16 Å². The molecule has 1 unspecified atom stereocenters. The number of hydrogen-bond acceptors (Lipinski definition) is 5. The highest BCUT2D eigenvalue weighted by Gasteiger charge is 2.31. The monoisotopic (exact) mass is 295 g/mol. The molecule has 1 fully saturated rings. The fourth-order valence-electron chi connectivity index (χ4n) is 2.66. The number of carbonyl (C=O) groups is 1. The number of nitrogens with two attached hydrogens (primary N) is 1. The van der Waals surface area contributed by atoms with E-state index in [1.165, 1.54) is 0 Å². The molecular formula is C15H25N3O3. The maximum absolute atomic E-state index is 12.2. The Balaban J connectivity index is 2.08. The molecule has 1 aliphatic rings. The van der Waals surface area contributed by atoms with Crippen molar-refractivity contribution in [1.82, 2.24) is 10.1 Å². The molecule has 118 valence electrons. The minimum atomic E-state index is -0.477. The summed E-state index contributed by atoms with van der Waals surface area (Å²) in [4.78, 5) is 13.9. The van der Waals surface area contributed by atoms with E-state index in [1.54, 1.807) is 4.90 Å². The molecular weight excluding hydrogens is 270 g/mol. The number of hydrogen-bond donors (Lipinski definition) is 1. The molecule has 1 atom stereocenters. The zero-order valence-electron chi connectivity index (χ0n) is 13.3. The highest BCUT2D eigenvalue weighted by molar-refractivity contribution is 5.68. The Kier molecular flexibility index (Phi) is 4.56. The quantitative estimate of drug-likeness (QED) is 0.906. The molecule has 21 heavy (non-hydrogen) atoms. The van der Waals surface area contributed by atoms with Crippen molar-refractivity contribution in [1.29, 1.82) is 0 Å². The lowest BCUT2D eigenvalue weighted by Gasteiger charge is -2.33. The van der Waals surface area contributed by atoms with Gasteiger partial charge in [-0.2, -0.15) is 0 Å². The Morgan fingerprint density at radius 1 is 1.52 bits per heavy atom. The van der Waals surface area contributed by atoms with Crippen LogP contribution in [0, 0.1) is 6.92 Å². The Hall–Kier alpha value is -1.56. The number of ether oxygens (including phenoxy) is 1. The molecule has 0 aromatic carbocycles. The van der Waals surface area contributed by atoms with E-state index >= 15 is 0 Å². The summed E-state index contributed by atoms with van der Waals surface area (Å²) in [5.74, 6) is 0.967. The number of likely N-dealkylation sites (tertiary alicyclic amines) is 1. The van der Waals surface area contributed by atoms with Crippen LogP contribution in [0.15, 0.2) is 4.52 Å². The van der Waals surface area contributed by atoms with Crippen molar-refractivity contribution in [3.8, 4) is 0 Å². The maximum Gasteiger partial charge on any atom is 0.410 e. The van der Waals surface area contributed by atoms with E-state index in [4.69, 9.17) is 15.0 Å². The summed E-state index contributed by atoms with van der Waals surface area (Å²) in [6.07, 6.45) is 1.63. The summed E-state index contributed by atoms with van der Waals surface area (Å²) >= 11 is 0. The van der Waals surface area contributed by atoms with E-state index in [-0.39, 0.29) is 12.0 Å². The minimum absolute atomic E-state index is 0.144. The Morgan fingerprint density at radius 2 is 2.24 bits per heavy atom. The number of aromatic nitrogens is 1. The normalized spacial score (nSPS) is 19.7. The molecule has 1 aromatic heterocycles. The molecule has 1 aromatic rings. The van der Waals surface area contributed by atoms with Crippen LogP contribution >= 0.6 is 0 Å². The second-order valence-electron chi connectivity index (χ2n) is 6.58. The van der Waals surface area contributed by atoms with Gasteiger partial charge in [-0.15, -0.1) is 0 Å². The molecule has 2 N–H and O–H groups in total. The number of piperidine rings is 1. The molecule has 6 heteroatoms. The smallest absolute Gasteiger partial charge is 0.410 e. The second kappa shape index (κ2) is 6.05. The first-order chi connectivity index (χ1) is 9.81. The summed E-state index contributed by atoms with van der Waals surface area (Å²) in [6, 6.07) is 0. The summed E-state index contributed by atoms with van der Waals surface area (Å²) in [6.45, 7) is 9.24. The third-order valence-electron chi connectivity index (χ3n) is 3.66. The van der Waals surface area contributed by atoms with Crippen molar-refractivity contribution in [2.75, 3.05) is 13.1 Å².